The fourth-order valence-electron chi connectivity index (χ4n) is 1.30. The number of anilines is 1. The molecule has 3 N–H and O–H groups in total. The molecule has 9 heteroatoms. The second-order valence-electron chi connectivity index (χ2n) is 3.46. The first-order valence-electron chi connectivity index (χ1n) is 4.94. The Hall–Kier alpha value is -2.06. The highest BCUT2D eigenvalue weighted by Gasteiger charge is 2.12. The Labute approximate surface area is 115 Å². The van der Waals surface area contributed by atoms with Gasteiger partial charge in [-0.15, -0.1) is 0 Å². The number of non-ortho nitro benzene ring substituents is 1. The zero-order chi connectivity index (χ0) is 14.0. The van der Waals surface area contributed by atoms with Gasteiger partial charge >= 0.3 is 0 Å². The maximum Gasteiger partial charge on any atom is 0.284 e. The molecule has 19 heavy (non-hydrogen) atoms. The quantitative estimate of drug-likeness (QED) is 0.509. The van der Waals surface area contributed by atoms with Gasteiger partial charge in [0.05, 0.1) is 21.7 Å². The number of nitro benzene ring substituents is 1. The first-order valence-corrected chi connectivity index (χ1v) is 6.13. The van der Waals surface area contributed by atoms with Gasteiger partial charge in [-0.25, -0.2) is 5.10 Å². The predicted octanol–water partition coefficient (Wildman–Crippen LogP) is 2.06. The molecule has 7 nitrogen and oxygen atoms in total. The number of halogens is 1. The molecule has 0 spiro atoms. The van der Waals surface area contributed by atoms with Crippen LogP contribution in [0.3, 0.4) is 0 Å². The number of nitrogens with two attached hydrogens (primary N) is 1. The van der Waals surface area contributed by atoms with Gasteiger partial charge < -0.3 is 5.73 Å². The van der Waals surface area contributed by atoms with Crippen molar-refractivity contribution in [1.82, 2.24) is 10.2 Å². The Kier molecular flexibility index (Phi) is 3.72. The largest absolute Gasteiger partial charge is 0.398 e. The molecule has 0 aliphatic rings. The van der Waals surface area contributed by atoms with E-state index in [2.05, 4.69) is 10.2 Å². The lowest BCUT2D eigenvalue weighted by atomic mass is 10.3. The lowest BCUT2D eigenvalue weighted by Crippen LogP contribution is -2.08. The number of nitrogen functional groups attached to an aromatic ring is 1. The SMILES string of the molecule is Nc1cc([N+](=O)[O-])ccc1Sc1cn[nH]c(=O)c1Cl. The number of benzene rings is 1. The first-order chi connectivity index (χ1) is 8.99. The summed E-state index contributed by atoms with van der Waals surface area (Å²) in [5.74, 6) is 0. The third kappa shape index (κ3) is 2.85. The summed E-state index contributed by atoms with van der Waals surface area (Å²) < 4.78 is 0. The number of rotatable bonds is 3. The maximum atomic E-state index is 11.3. The van der Waals surface area contributed by atoms with Gasteiger partial charge in [-0.2, -0.15) is 5.10 Å². The Morgan fingerprint density at radius 1 is 1.42 bits per heavy atom. The zero-order valence-electron chi connectivity index (χ0n) is 9.29. The van der Waals surface area contributed by atoms with Gasteiger partial charge in [-0.05, 0) is 6.07 Å². The van der Waals surface area contributed by atoms with Gasteiger partial charge in [0.15, 0.2) is 0 Å². The molecule has 1 aromatic heterocycles. The Balaban J connectivity index is 2.36. The van der Waals surface area contributed by atoms with Crippen LogP contribution in [0.25, 0.3) is 0 Å². The van der Waals surface area contributed by atoms with Crippen LogP contribution >= 0.6 is 23.4 Å². The van der Waals surface area contributed by atoms with Crippen molar-refractivity contribution < 1.29 is 4.92 Å². The van der Waals surface area contributed by atoms with E-state index in [0.29, 0.717) is 9.79 Å². The second kappa shape index (κ2) is 5.29. The van der Waals surface area contributed by atoms with Crippen LogP contribution < -0.4 is 11.3 Å². The number of hydrogen-bond donors (Lipinski definition) is 2. The number of H-pyrrole nitrogens is 1. The maximum absolute atomic E-state index is 11.3. The highest BCUT2D eigenvalue weighted by molar-refractivity contribution is 7.99. The monoisotopic (exact) mass is 298 g/mol. The summed E-state index contributed by atoms with van der Waals surface area (Å²) in [4.78, 5) is 22.3. The van der Waals surface area contributed by atoms with Crippen molar-refractivity contribution in [2.45, 2.75) is 9.79 Å². The van der Waals surface area contributed by atoms with Crippen LogP contribution in [-0.4, -0.2) is 15.1 Å². The van der Waals surface area contributed by atoms with Gasteiger partial charge in [0.25, 0.3) is 11.2 Å². The van der Waals surface area contributed by atoms with Crippen LogP contribution in [-0.2, 0) is 0 Å². The van der Waals surface area contributed by atoms with Gasteiger partial charge in [0, 0.05) is 17.0 Å². The molecule has 0 saturated carbocycles. The van der Waals surface area contributed by atoms with E-state index in [4.69, 9.17) is 17.3 Å². The van der Waals surface area contributed by atoms with Crippen LogP contribution in [0.4, 0.5) is 11.4 Å². The van der Waals surface area contributed by atoms with Crippen LogP contribution in [0.5, 0.6) is 0 Å². The van der Waals surface area contributed by atoms with Crippen LogP contribution in [0.1, 0.15) is 0 Å². The Morgan fingerprint density at radius 2 is 2.16 bits per heavy atom. The van der Waals surface area contributed by atoms with Crippen LogP contribution in [0, 0.1) is 10.1 Å². The van der Waals surface area contributed by atoms with Gasteiger partial charge in [0.2, 0.25) is 0 Å². The molecule has 2 aromatic rings. The summed E-state index contributed by atoms with van der Waals surface area (Å²) in [5, 5.41) is 16.4. The standard InChI is InChI=1S/C10H7ClN4O3S/c11-9-8(4-13-14-10(9)16)19-7-2-1-5(15(17)18)3-6(7)12/h1-4H,12H2,(H,14,16). The van der Waals surface area contributed by atoms with Crippen molar-refractivity contribution in [3.63, 3.8) is 0 Å². The summed E-state index contributed by atoms with van der Waals surface area (Å²) in [6, 6.07) is 4.07. The van der Waals surface area contributed by atoms with Crippen molar-refractivity contribution in [1.29, 1.82) is 0 Å². The van der Waals surface area contributed by atoms with Gasteiger partial charge in [-0.3, -0.25) is 14.9 Å². The van der Waals surface area contributed by atoms with Crippen molar-refractivity contribution >= 4 is 34.7 Å². The van der Waals surface area contributed by atoms with E-state index in [1.807, 2.05) is 0 Å². The number of nitrogens with zero attached hydrogens (tertiary/aromatic N) is 2. The minimum atomic E-state index is -0.535. The Bertz CT molecular complexity index is 703. The zero-order valence-corrected chi connectivity index (χ0v) is 10.9. The Morgan fingerprint density at radius 3 is 2.79 bits per heavy atom. The predicted molar refractivity (Wildman–Crippen MR) is 71.5 cm³/mol. The molecule has 98 valence electrons. The van der Waals surface area contributed by atoms with Crippen LogP contribution in [0.15, 0.2) is 39.0 Å². The average molecular weight is 299 g/mol. The summed E-state index contributed by atoms with van der Waals surface area (Å²) in [5.41, 5.74) is 5.35. The minimum absolute atomic E-state index is 0.00208. The molecular formula is C10H7ClN4O3S. The fraction of sp³-hybridized carbons (Fsp3) is 0. The highest BCUT2D eigenvalue weighted by atomic mass is 35.5. The van der Waals surface area contributed by atoms with E-state index in [-0.39, 0.29) is 16.4 Å². The molecule has 1 aromatic carbocycles. The molecule has 0 atom stereocenters. The van der Waals surface area contributed by atoms with Crippen molar-refractivity contribution in [2.24, 2.45) is 0 Å². The molecule has 0 radical (unpaired) electrons. The van der Waals surface area contributed by atoms with Gasteiger partial charge in [0.1, 0.15) is 5.02 Å². The molecule has 0 amide bonds. The summed E-state index contributed by atoms with van der Waals surface area (Å²) in [6.07, 6.45) is 1.38. The number of nitrogens with one attached hydrogen (secondary N) is 1. The molecule has 0 aliphatic heterocycles. The first kappa shape index (κ1) is 13.4. The van der Waals surface area contributed by atoms with Crippen molar-refractivity contribution in [2.75, 3.05) is 5.73 Å². The second-order valence-corrected chi connectivity index (χ2v) is 4.92. The van der Waals surface area contributed by atoms with E-state index in [0.717, 1.165) is 11.8 Å². The van der Waals surface area contributed by atoms with E-state index in [9.17, 15) is 14.9 Å². The van der Waals surface area contributed by atoms with E-state index in [1.54, 1.807) is 0 Å². The fourth-order valence-corrected chi connectivity index (χ4v) is 2.34. The van der Waals surface area contributed by atoms with Crippen molar-refractivity contribution in [3.05, 3.63) is 49.9 Å². The number of aromatic nitrogens is 2. The number of hydrogen-bond acceptors (Lipinski definition) is 6. The van der Waals surface area contributed by atoms with Crippen molar-refractivity contribution in [3.8, 4) is 0 Å². The molecule has 0 saturated heterocycles. The molecular weight excluding hydrogens is 292 g/mol. The third-order valence-electron chi connectivity index (χ3n) is 2.19. The van der Waals surface area contributed by atoms with E-state index in [1.165, 1.54) is 24.4 Å². The third-order valence-corrected chi connectivity index (χ3v) is 3.80. The average Bonchev–Trinajstić information content (AvgIpc) is 2.37. The molecule has 0 bridgehead atoms. The smallest absolute Gasteiger partial charge is 0.284 e. The summed E-state index contributed by atoms with van der Waals surface area (Å²) in [6.45, 7) is 0. The summed E-state index contributed by atoms with van der Waals surface area (Å²) in [7, 11) is 0. The van der Waals surface area contributed by atoms with E-state index < -0.39 is 10.5 Å². The molecule has 0 fully saturated rings. The summed E-state index contributed by atoms with van der Waals surface area (Å²) >= 11 is 6.94. The molecule has 2 rings (SSSR count). The van der Waals surface area contributed by atoms with E-state index >= 15 is 0 Å². The normalized spacial score (nSPS) is 10.4. The minimum Gasteiger partial charge on any atom is -0.398 e. The van der Waals surface area contributed by atoms with Gasteiger partial charge in [-0.1, -0.05) is 23.4 Å². The highest BCUT2D eigenvalue weighted by Crippen LogP contribution is 2.35. The topological polar surface area (TPSA) is 115 Å². The molecule has 0 unspecified atom stereocenters. The van der Waals surface area contributed by atoms with Crippen LogP contribution in [0.2, 0.25) is 5.02 Å². The molecule has 0 aliphatic carbocycles. The lowest BCUT2D eigenvalue weighted by Gasteiger charge is -2.05. The lowest BCUT2D eigenvalue weighted by molar-refractivity contribution is -0.384. The number of nitro groups is 1. The number of aromatic amines is 1. The molecule has 1 heterocycles.